The number of thiazole rings is 1. The molecule has 7 heteroatoms. The molecule has 0 saturated heterocycles. The minimum Gasteiger partial charge on any atom is -0.464 e. The molecular weight excluding hydrogens is 410 g/mol. The van der Waals surface area contributed by atoms with E-state index in [9.17, 15) is 4.79 Å². The number of nitrogens with two attached hydrogens (primary N) is 1. The molecule has 1 amide bonds. The molecule has 0 aliphatic rings. The number of amides is 1. The lowest BCUT2D eigenvalue weighted by Gasteiger charge is -2.05. The molecule has 0 aliphatic carbocycles. The summed E-state index contributed by atoms with van der Waals surface area (Å²) < 4.78 is 11.3. The van der Waals surface area contributed by atoms with Crippen LogP contribution >= 0.6 is 11.3 Å². The zero-order valence-electron chi connectivity index (χ0n) is 18.5. The Morgan fingerprint density at radius 2 is 2.03 bits per heavy atom. The first-order valence-corrected chi connectivity index (χ1v) is 11.5. The fraction of sp³-hybridized carbons (Fsp3) is 0.333. The van der Waals surface area contributed by atoms with Gasteiger partial charge in [-0.25, -0.2) is 4.98 Å². The van der Waals surface area contributed by atoms with Crippen molar-refractivity contribution in [1.82, 2.24) is 4.98 Å². The molecule has 4 aromatic rings. The van der Waals surface area contributed by atoms with E-state index < -0.39 is 0 Å². The fourth-order valence-electron chi connectivity index (χ4n) is 3.35. The van der Waals surface area contributed by atoms with Crippen molar-refractivity contribution in [3.05, 3.63) is 58.4 Å². The number of aryl methyl sites for hydroxylation is 2. The number of benzene rings is 1. The average Bonchev–Trinajstić information content (AvgIpc) is 3.51. The highest BCUT2D eigenvalue weighted by Gasteiger charge is 2.15. The second-order valence-corrected chi connectivity index (χ2v) is 7.88. The Bertz CT molecular complexity index is 1160. The third-order valence-corrected chi connectivity index (χ3v) is 5.61. The topological polar surface area (TPSA) is 94.3 Å². The maximum atomic E-state index is 12.6. The SMILES string of the molecule is CC.CCCc1cc2c(CC(=O)Nc3nc(-c4ccc(CN)o4)cs3)coc2cc1C. The number of fused-ring (bicyclic) bond motifs is 1. The second kappa shape index (κ2) is 10.4. The molecule has 0 bridgehead atoms. The highest BCUT2D eigenvalue weighted by Crippen LogP contribution is 2.28. The molecule has 164 valence electrons. The van der Waals surface area contributed by atoms with Crippen LogP contribution < -0.4 is 11.1 Å². The zero-order valence-corrected chi connectivity index (χ0v) is 19.3. The van der Waals surface area contributed by atoms with Crippen LogP contribution in [0.3, 0.4) is 0 Å². The van der Waals surface area contributed by atoms with Gasteiger partial charge in [-0.15, -0.1) is 11.3 Å². The number of nitrogens with one attached hydrogen (secondary N) is 1. The number of carbonyl (C=O) groups is 1. The summed E-state index contributed by atoms with van der Waals surface area (Å²) >= 11 is 1.36. The van der Waals surface area contributed by atoms with Crippen LogP contribution in [0.4, 0.5) is 5.13 Å². The van der Waals surface area contributed by atoms with E-state index in [-0.39, 0.29) is 12.3 Å². The maximum absolute atomic E-state index is 12.6. The first kappa shape index (κ1) is 22.8. The van der Waals surface area contributed by atoms with Crippen LogP contribution in [-0.2, 0) is 24.2 Å². The number of furan rings is 2. The van der Waals surface area contributed by atoms with E-state index in [2.05, 4.69) is 30.2 Å². The van der Waals surface area contributed by atoms with Crippen molar-refractivity contribution in [2.24, 2.45) is 5.73 Å². The Kier molecular flexibility index (Phi) is 7.65. The highest BCUT2D eigenvalue weighted by molar-refractivity contribution is 7.14. The van der Waals surface area contributed by atoms with Crippen LogP contribution in [0.25, 0.3) is 22.4 Å². The van der Waals surface area contributed by atoms with E-state index in [0.717, 1.165) is 29.4 Å². The Hall–Kier alpha value is -2.90. The third kappa shape index (κ3) is 5.24. The van der Waals surface area contributed by atoms with Crippen LogP contribution in [0.1, 0.15) is 49.6 Å². The number of nitrogens with zero attached hydrogens (tertiary/aromatic N) is 1. The van der Waals surface area contributed by atoms with E-state index >= 15 is 0 Å². The highest BCUT2D eigenvalue weighted by atomic mass is 32.1. The van der Waals surface area contributed by atoms with Crippen molar-refractivity contribution in [3.8, 4) is 11.5 Å². The summed E-state index contributed by atoms with van der Waals surface area (Å²) in [4.78, 5) is 17.0. The van der Waals surface area contributed by atoms with Crippen molar-refractivity contribution in [1.29, 1.82) is 0 Å². The van der Waals surface area contributed by atoms with Gasteiger partial charge in [-0.3, -0.25) is 4.79 Å². The monoisotopic (exact) mass is 439 g/mol. The van der Waals surface area contributed by atoms with Crippen LogP contribution in [0.15, 0.2) is 44.7 Å². The van der Waals surface area contributed by atoms with Gasteiger partial charge in [-0.05, 0) is 48.7 Å². The van der Waals surface area contributed by atoms with E-state index in [4.69, 9.17) is 14.6 Å². The molecule has 0 spiro atoms. The number of hydrogen-bond acceptors (Lipinski definition) is 6. The summed E-state index contributed by atoms with van der Waals surface area (Å²) in [5, 5.41) is 6.25. The maximum Gasteiger partial charge on any atom is 0.230 e. The molecule has 1 aromatic carbocycles. The van der Waals surface area contributed by atoms with Crippen LogP contribution in [-0.4, -0.2) is 10.9 Å². The molecule has 0 fully saturated rings. The van der Waals surface area contributed by atoms with Crippen LogP contribution in [0.2, 0.25) is 0 Å². The third-order valence-electron chi connectivity index (χ3n) is 4.85. The Morgan fingerprint density at radius 3 is 2.74 bits per heavy atom. The number of aromatic nitrogens is 1. The average molecular weight is 440 g/mol. The number of carbonyl (C=O) groups excluding carboxylic acids is 1. The lowest BCUT2D eigenvalue weighted by molar-refractivity contribution is -0.115. The molecule has 0 atom stereocenters. The second-order valence-electron chi connectivity index (χ2n) is 7.02. The lowest BCUT2D eigenvalue weighted by Crippen LogP contribution is -2.14. The Labute approximate surface area is 186 Å². The summed E-state index contributed by atoms with van der Waals surface area (Å²) in [6.07, 6.45) is 3.99. The van der Waals surface area contributed by atoms with Crippen molar-refractivity contribution in [3.63, 3.8) is 0 Å². The number of anilines is 1. The van der Waals surface area contributed by atoms with Crippen molar-refractivity contribution < 1.29 is 13.6 Å². The quantitative estimate of drug-likeness (QED) is 0.364. The summed E-state index contributed by atoms with van der Waals surface area (Å²) in [5.41, 5.74) is 10.5. The van der Waals surface area contributed by atoms with Crippen molar-refractivity contribution >= 4 is 33.3 Å². The molecule has 0 saturated carbocycles. The summed E-state index contributed by atoms with van der Waals surface area (Å²) in [7, 11) is 0. The molecule has 4 rings (SSSR count). The van der Waals surface area contributed by atoms with Gasteiger partial charge in [0, 0.05) is 16.3 Å². The van der Waals surface area contributed by atoms with E-state index in [1.165, 1.54) is 22.5 Å². The zero-order chi connectivity index (χ0) is 22.4. The van der Waals surface area contributed by atoms with Crippen LogP contribution in [0, 0.1) is 6.92 Å². The van der Waals surface area contributed by atoms with Crippen molar-refractivity contribution in [2.75, 3.05) is 5.32 Å². The van der Waals surface area contributed by atoms with Gasteiger partial charge in [0.15, 0.2) is 10.9 Å². The molecule has 3 heterocycles. The molecule has 0 aliphatic heterocycles. The van der Waals surface area contributed by atoms with Gasteiger partial charge in [-0.1, -0.05) is 27.2 Å². The molecule has 0 unspecified atom stereocenters. The van der Waals surface area contributed by atoms with Gasteiger partial charge < -0.3 is 19.9 Å². The lowest BCUT2D eigenvalue weighted by atomic mass is 10.00. The Balaban J connectivity index is 0.00000132. The van der Waals surface area contributed by atoms with Gasteiger partial charge in [-0.2, -0.15) is 0 Å². The predicted molar refractivity (Wildman–Crippen MR) is 126 cm³/mol. The molecule has 31 heavy (non-hydrogen) atoms. The number of rotatable bonds is 7. The van der Waals surface area contributed by atoms with Crippen molar-refractivity contribution in [2.45, 2.75) is 53.5 Å². The molecule has 6 nitrogen and oxygen atoms in total. The van der Waals surface area contributed by atoms with E-state index in [1.54, 1.807) is 6.26 Å². The molecule has 3 N–H and O–H groups in total. The fourth-order valence-corrected chi connectivity index (χ4v) is 4.07. The first-order valence-electron chi connectivity index (χ1n) is 10.6. The smallest absolute Gasteiger partial charge is 0.230 e. The summed E-state index contributed by atoms with van der Waals surface area (Å²) in [6, 6.07) is 7.85. The standard InChI is InChI=1S/C22H23N3O3S.C2H6/c1-3-4-14-8-17-15(11-27-20(17)7-13(14)2)9-21(26)25-22-24-18(12-29-22)19-6-5-16(10-23)28-19;1-2/h5-8,11-12H,3-4,9-10,23H2,1-2H3,(H,24,25,26);1-2H3. The molecular formula is C24H29N3O3S. The summed E-state index contributed by atoms with van der Waals surface area (Å²) in [6.45, 7) is 8.59. The van der Waals surface area contributed by atoms with Gasteiger partial charge in [0.2, 0.25) is 5.91 Å². The molecule has 0 radical (unpaired) electrons. The van der Waals surface area contributed by atoms with Gasteiger partial charge >= 0.3 is 0 Å². The van der Waals surface area contributed by atoms with Gasteiger partial charge in [0.05, 0.1) is 19.2 Å². The normalized spacial score (nSPS) is 10.7. The summed E-state index contributed by atoms with van der Waals surface area (Å²) in [5.74, 6) is 1.21. The van der Waals surface area contributed by atoms with E-state index in [1.807, 2.05) is 37.4 Å². The first-order chi connectivity index (χ1) is 15.1. The Morgan fingerprint density at radius 1 is 1.23 bits per heavy atom. The number of hydrogen-bond donors (Lipinski definition) is 2. The predicted octanol–water partition coefficient (Wildman–Crippen LogP) is 6.08. The van der Waals surface area contributed by atoms with Gasteiger partial charge in [0.1, 0.15) is 17.0 Å². The van der Waals surface area contributed by atoms with E-state index in [0.29, 0.717) is 28.9 Å². The minimum absolute atomic E-state index is 0.131. The van der Waals surface area contributed by atoms with Crippen LogP contribution in [0.5, 0.6) is 0 Å². The molecule has 3 aromatic heterocycles. The largest absolute Gasteiger partial charge is 0.464 e. The van der Waals surface area contributed by atoms with Gasteiger partial charge in [0.25, 0.3) is 0 Å². The minimum atomic E-state index is -0.131.